The third-order valence-corrected chi connectivity index (χ3v) is 6.39. The molecule has 0 radical (unpaired) electrons. The lowest BCUT2D eigenvalue weighted by Gasteiger charge is -2.42. The summed E-state index contributed by atoms with van der Waals surface area (Å²) >= 11 is 0. The highest BCUT2D eigenvalue weighted by molar-refractivity contribution is 5.67. The van der Waals surface area contributed by atoms with Crippen LogP contribution in [0.4, 0.5) is 0 Å². The number of fused-ring (bicyclic) bond motifs is 2. The molecule has 4 rings (SSSR count). The van der Waals surface area contributed by atoms with E-state index in [1.54, 1.807) is 0 Å². The Labute approximate surface area is 127 Å². The number of likely N-dealkylation sites (tertiary alicyclic amines) is 1. The smallest absolute Gasteiger partial charge is 0.303 e. The Kier molecular flexibility index (Phi) is 3.49. The summed E-state index contributed by atoms with van der Waals surface area (Å²) in [4.78, 5) is 16.5. The Morgan fingerprint density at radius 2 is 1.62 bits per heavy atom. The number of carbonyl (C=O) groups is 1. The second-order valence-corrected chi connectivity index (χ2v) is 7.93. The average Bonchev–Trinajstić information content (AvgIpc) is 3.13. The van der Waals surface area contributed by atoms with Gasteiger partial charge in [-0.05, 0) is 57.8 Å². The van der Waals surface area contributed by atoms with Crippen LogP contribution in [0, 0.1) is 5.92 Å². The maximum absolute atomic E-state index is 11.0. The minimum atomic E-state index is -0.609. The summed E-state index contributed by atoms with van der Waals surface area (Å²) in [5, 5.41) is 9.05. The van der Waals surface area contributed by atoms with Crippen molar-refractivity contribution in [1.82, 2.24) is 9.80 Å². The first-order chi connectivity index (χ1) is 10.1. The van der Waals surface area contributed by atoms with E-state index in [0.29, 0.717) is 24.4 Å². The fourth-order valence-corrected chi connectivity index (χ4v) is 5.49. The van der Waals surface area contributed by atoms with Gasteiger partial charge in [0.2, 0.25) is 0 Å². The number of carboxylic acid groups (broad SMARTS) is 1. The molecular formula is C17H28N2O2. The molecule has 0 amide bonds. The minimum Gasteiger partial charge on any atom is -0.481 e. The van der Waals surface area contributed by atoms with Gasteiger partial charge in [0, 0.05) is 43.2 Å². The number of aliphatic carboxylic acids is 1. The van der Waals surface area contributed by atoms with E-state index < -0.39 is 5.97 Å². The van der Waals surface area contributed by atoms with Crippen LogP contribution in [-0.2, 0) is 4.79 Å². The van der Waals surface area contributed by atoms with Crippen LogP contribution in [0.1, 0.15) is 58.3 Å². The predicted octanol–water partition coefficient (Wildman–Crippen LogP) is 2.33. The number of piperidine rings is 1. The molecule has 4 heteroatoms. The topological polar surface area (TPSA) is 43.8 Å². The van der Waals surface area contributed by atoms with E-state index >= 15 is 0 Å². The number of carboxylic acids is 1. The molecule has 4 nitrogen and oxygen atoms in total. The van der Waals surface area contributed by atoms with E-state index in [9.17, 15) is 4.79 Å². The third-order valence-electron chi connectivity index (χ3n) is 6.39. The van der Waals surface area contributed by atoms with Gasteiger partial charge in [-0.25, -0.2) is 0 Å². The molecule has 3 saturated heterocycles. The standard InChI is InChI=1S/C17H28N2O2/c1-11-6-16(10-18(11)13-2-3-13)19-14-4-5-15(19)8-12(7-14)9-17(20)21/h11-16H,2-10H2,1H3,(H,20,21). The van der Waals surface area contributed by atoms with Crippen molar-refractivity contribution in [2.45, 2.75) is 88.5 Å². The predicted molar refractivity (Wildman–Crippen MR) is 81.2 cm³/mol. The van der Waals surface area contributed by atoms with Gasteiger partial charge in [0.15, 0.2) is 0 Å². The van der Waals surface area contributed by atoms with Crippen molar-refractivity contribution >= 4 is 5.97 Å². The molecule has 118 valence electrons. The first-order valence-electron chi connectivity index (χ1n) is 8.86. The van der Waals surface area contributed by atoms with Crippen molar-refractivity contribution in [3.05, 3.63) is 0 Å². The maximum Gasteiger partial charge on any atom is 0.303 e. The Morgan fingerprint density at radius 3 is 2.19 bits per heavy atom. The van der Waals surface area contributed by atoms with Crippen LogP contribution in [0.5, 0.6) is 0 Å². The maximum atomic E-state index is 11.0. The van der Waals surface area contributed by atoms with Crippen LogP contribution in [0.15, 0.2) is 0 Å². The van der Waals surface area contributed by atoms with Gasteiger partial charge >= 0.3 is 5.97 Å². The second kappa shape index (κ2) is 5.24. The van der Waals surface area contributed by atoms with Crippen LogP contribution in [-0.4, -0.2) is 57.6 Å². The minimum absolute atomic E-state index is 0.385. The molecule has 0 aromatic heterocycles. The largest absolute Gasteiger partial charge is 0.481 e. The van der Waals surface area contributed by atoms with Crippen LogP contribution in [0.2, 0.25) is 0 Å². The summed E-state index contributed by atoms with van der Waals surface area (Å²) in [5.41, 5.74) is 0. The summed E-state index contributed by atoms with van der Waals surface area (Å²) in [5.74, 6) is -0.183. The number of rotatable bonds is 4. The van der Waals surface area contributed by atoms with Crippen molar-refractivity contribution in [2.24, 2.45) is 5.92 Å². The molecule has 4 aliphatic rings. The Bertz CT molecular complexity index is 409. The van der Waals surface area contributed by atoms with Gasteiger partial charge in [-0.1, -0.05) is 0 Å². The zero-order valence-electron chi connectivity index (χ0n) is 13.1. The van der Waals surface area contributed by atoms with Gasteiger partial charge in [-0.3, -0.25) is 14.6 Å². The summed E-state index contributed by atoms with van der Waals surface area (Å²) < 4.78 is 0. The fraction of sp³-hybridized carbons (Fsp3) is 0.941. The summed E-state index contributed by atoms with van der Waals surface area (Å²) in [7, 11) is 0. The molecule has 1 saturated carbocycles. The van der Waals surface area contributed by atoms with E-state index in [-0.39, 0.29) is 0 Å². The highest BCUT2D eigenvalue weighted by atomic mass is 16.4. The van der Waals surface area contributed by atoms with Crippen molar-refractivity contribution in [2.75, 3.05) is 6.54 Å². The third kappa shape index (κ3) is 2.61. The molecule has 2 bridgehead atoms. The van der Waals surface area contributed by atoms with Crippen LogP contribution in [0.3, 0.4) is 0 Å². The molecule has 1 N–H and O–H groups in total. The Morgan fingerprint density at radius 1 is 1.00 bits per heavy atom. The first kappa shape index (κ1) is 14.0. The van der Waals surface area contributed by atoms with E-state index in [0.717, 1.165) is 31.0 Å². The monoisotopic (exact) mass is 292 g/mol. The van der Waals surface area contributed by atoms with Crippen LogP contribution < -0.4 is 0 Å². The van der Waals surface area contributed by atoms with Gasteiger partial charge in [0.25, 0.3) is 0 Å². The molecular weight excluding hydrogens is 264 g/mol. The lowest BCUT2D eigenvalue weighted by molar-refractivity contribution is -0.138. The number of hydrogen-bond acceptors (Lipinski definition) is 3. The molecule has 4 fully saturated rings. The van der Waals surface area contributed by atoms with Crippen LogP contribution in [0.25, 0.3) is 0 Å². The van der Waals surface area contributed by atoms with E-state index in [2.05, 4.69) is 16.7 Å². The molecule has 0 spiro atoms. The Hall–Kier alpha value is -0.610. The van der Waals surface area contributed by atoms with Gasteiger partial charge in [-0.15, -0.1) is 0 Å². The number of nitrogens with zero attached hydrogens (tertiary/aromatic N) is 2. The first-order valence-corrected chi connectivity index (χ1v) is 8.86. The van der Waals surface area contributed by atoms with E-state index in [1.807, 2.05) is 0 Å². The van der Waals surface area contributed by atoms with Gasteiger partial charge in [0.05, 0.1) is 0 Å². The SMILES string of the molecule is CC1CC(N2C3CCC2CC(CC(=O)O)C3)CN1C1CC1. The van der Waals surface area contributed by atoms with Crippen molar-refractivity contribution in [1.29, 1.82) is 0 Å². The van der Waals surface area contributed by atoms with Crippen LogP contribution >= 0.6 is 0 Å². The molecule has 4 unspecified atom stereocenters. The summed E-state index contributed by atoms with van der Waals surface area (Å²) in [6.07, 6.45) is 9.37. The lowest BCUT2D eigenvalue weighted by Crippen LogP contribution is -2.50. The fourth-order valence-electron chi connectivity index (χ4n) is 5.49. The van der Waals surface area contributed by atoms with Gasteiger partial charge in [-0.2, -0.15) is 0 Å². The molecule has 21 heavy (non-hydrogen) atoms. The molecule has 3 aliphatic heterocycles. The Balaban J connectivity index is 1.42. The molecule has 1 aliphatic carbocycles. The normalized spacial score (nSPS) is 44.3. The highest BCUT2D eigenvalue weighted by Crippen LogP contribution is 2.44. The molecule has 3 heterocycles. The van der Waals surface area contributed by atoms with E-state index in [4.69, 9.17) is 5.11 Å². The second-order valence-electron chi connectivity index (χ2n) is 7.93. The van der Waals surface area contributed by atoms with Crippen molar-refractivity contribution in [3.63, 3.8) is 0 Å². The zero-order chi connectivity index (χ0) is 14.6. The molecule has 0 aromatic rings. The quantitative estimate of drug-likeness (QED) is 0.863. The molecule has 0 aromatic carbocycles. The average molecular weight is 292 g/mol. The van der Waals surface area contributed by atoms with Gasteiger partial charge < -0.3 is 5.11 Å². The van der Waals surface area contributed by atoms with Gasteiger partial charge in [0.1, 0.15) is 0 Å². The van der Waals surface area contributed by atoms with E-state index in [1.165, 1.54) is 38.6 Å². The summed E-state index contributed by atoms with van der Waals surface area (Å²) in [6, 6.07) is 3.71. The summed E-state index contributed by atoms with van der Waals surface area (Å²) in [6.45, 7) is 3.67. The number of hydrogen-bond donors (Lipinski definition) is 1. The van der Waals surface area contributed by atoms with Crippen molar-refractivity contribution in [3.8, 4) is 0 Å². The molecule has 4 atom stereocenters. The van der Waals surface area contributed by atoms with Crippen molar-refractivity contribution < 1.29 is 9.90 Å². The zero-order valence-corrected chi connectivity index (χ0v) is 13.1. The highest BCUT2D eigenvalue weighted by Gasteiger charge is 2.48. The lowest BCUT2D eigenvalue weighted by atomic mass is 9.87.